The topological polar surface area (TPSA) is 38.5 Å². The first kappa shape index (κ1) is 16.1. The van der Waals surface area contributed by atoms with E-state index in [4.69, 9.17) is 33.7 Å². The maximum absolute atomic E-state index is 6.10. The Morgan fingerprint density at radius 1 is 1.35 bits per heavy atom. The van der Waals surface area contributed by atoms with Crippen molar-refractivity contribution in [1.82, 2.24) is 4.90 Å². The lowest BCUT2D eigenvalue weighted by atomic mass is 9.93. The molecule has 1 heterocycles. The van der Waals surface area contributed by atoms with E-state index in [9.17, 15) is 0 Å². The van der Waals surface area contributed by atoms with Crippen LogP contribution < -0.4 is 5.73 Å². The molecule has 1 aromatic carbocycles. The third-order valence-electron chi connectivity index (χ3n) is 4.16. The Bertz CT molecular complexity index is 435. The normalized spacial score (nSPS) is 25.6. The van der Waals surface area contributed by atoms with Crippen LogP contribution in [0, 0.1) is 5.92 Å². The molecule has 0 aliphatic carbocycles. The van der Waals surface area contributed by atoms with Crippen LogP contribution in [0.15, 0.2) is 18.2 Å². The van der Waals surface area contributed by atoms with E-state index >= 15 is 0 Å². The van der Waals surface area contributed by atoms with Gasteiger partial charge in [-0.05, 0) is 42.6 Å². The van der Waals surface area contributed by atoms with Crippen molar-refractivity contribution in [3.63, 3.8) is 0 Å². The highest BCUT2D eigenvalue weighted by atomic mass is 35.5. The summed E-state index contributed by atoms with van der Waals surface area (Å²) in [6, 6.07) is 5.78. The van der Waals surface area contributed by atoms with Crippen LogP contribution in [0.2, 0.25) is 10.0 Å². The van der Waals surface area contributed by atoms with Crippen molar-refractivity contribution in [2.24, 2.45) is 11.7 Å². The minimum atomic E-state index is 0.136. The minimum absolute atomic E-state index is 0.136. The van der Waals surface area contributed by atoms with Gasteiger partial charge in [0, 0.05) is 36.3 Å². The van der Waals surface area contributed by atoms with Crippen molar-refractivity contribution in [1.29, 1.82) is 0 Å². The number of benzene rings is 1. The number of rotatable bonds is 4. The monoisotopic (exact) mass is 316 g/mol. The van der Waals surface area contributed by atoms with Gasteiger partial charge < -0.3 is 10.5 Å². The molecule has 3 atom stereocenters. The summed E-state index contributed by atoms with van der Waals surface area (Å²) in [5.74, 6) is 0.581. The first-order valence-corrected chi connectivity index (χ1v) is 7.73. The summed E-state index contributed by atoms with van der Waals surface area (Å²) in [6.07, 6.45) is 1.37. The van der Waals surface area contributed by atoms with Crippen LogP contribution >= 0.6 is 23.2 Å². The molecule has 1 saturated heterocycles. The molecule has 2 N–H and O–H groups in total. The van der Waals surface area contributed by atoms with Gasteiger partial charge in [-0.3, -0.25) is 4.90 Å². The molecule has 0 amide bonds. The minimum Gasteiger partial charge on any atom is -0.380 e. The van der Waals surface area contributed by atoms with Crippen LogP contribution in [-0.4, -0.2) is 37.7 Å². The van der Waals surface area contributed by atoms with E-state index < -0.39 is 0 Å². The van der Waals surface area contributed by atoms with Gasteiger partial charge in [0.15, 0.2) is 0 Å². The highest BCUT2D eigenvalue weighted by Gasteiger charge is 2.30. The molecule has 112 valence electrons. The lowest BCUT2D eigenvalue weighted by Gasteiger charge is -2.40. The number of piperidine rings is 1. The fourth-order valence-corrected chi connectivity index (χ4v) is 3.45. The highest BCUT2D eigenvalue weighted by Crippen LogP contribution is 2.30. The zero-order chi connectivity index (χ0) is 14.7. The average Bonchev–Trinajstić information content (AvgIpc) is 2.40. The van der Waals surface area contributed by atoms with Crippen molar-refractivity contribution < 1.29 is 4.74 Å². The third kappa shape index (κ3) is 3.66. The summed E-state index contributed by atoms with van der Waals surface area (Å²) in [4.78, 5) is 2.37. The maximum atomic E-state index is 6.10. The SMILES string of the molecule is COC1CN(C(CN)c2cc(Cl)cc(Cl)c2)CCC1C. The summed E-state index contributed by atoms with van der Waals surface area (Å²) in [6.45, 7) is 4.69. The van der Waals surface area contributed by atoms with E-state index in [-0.39, 0.29) is 12.1 Å². The fourth-order valence-electron chi connectivity index (χ4n) is 2.91. The molecule has 0 radical (unpaired) electrons. The number of halogens is 2. The second-order valence-electron chi connectivity index (χ2n) is 5.49. The van der Waals surface area contributed by atoms with Crippen molar-refractivity contribution in [3.05, 3.63) is 33.8 Å². The molecule has 1 aliphatic rings. The van der Waals surface area contributed by atoms with Gasteiger partial charge in [-0.2, -0.15) is 0 Å². The van der Waals surface area contributed by atoms with Crippen molar-refractivity contribution in [2.75, 3.05) is 26.7 Å². The zero-order valence-corrected chi connectivity index (χ0v) is 13.5. The van der Waals surface area contributed by atoms with E-state index in [2.05, 4.69) is 11.8 Å². The molecule has 1 fully saturated rings. The van der Waals surface area contributed by atoms with Crippen LogP contribution in [-0.2, 0) is 4.74 Å². The molecule has 0 bridgehead atoms. The third-order valence-corrected chi connectivity index (χ3v) is 4.59. The number of ether oxygens (including phenoxy) is 1. The molecule has 1 aromatic rings. The summed E-state index contributed by atoms with van der Waals surface area (Å²) in [7, 11) is 1.78. The lowest BCUT2D eigenvalue weighted by Crippen LogP contribution is -2.47. The molecule has 0 aromatic heterocycles. The smallest absolute Gasteiger partial charge is 0.0724 e. The zero-order valence-electron chi connectivity index (χ0n) is 12.0. The molecule has 0 spiro atoms. The first-order valence-electron chi connectivity index (χ1n) is 6.98. The Balaban J connectivity index is 2.19. The van der Waals surface area contributed by atoms with E-state index in [0.717, 1.165) is 25.1 Å². The molecule has 3 unspecified atom stereocenters. The molecule has 20 heavy (non-hydrogen) atoms. The van der Waals surface area contributed by atoms with Crippen LogP contribution in [0.25, 0.3) is 0 Å². The predicted octanol–water partition coefficient (Wildman–Crippen LogP) is 3.35. The molecular formula is C15H22Cl2N2O. The van der Waals surface area contributed by atoms with Crippen LogP contribution in [0.3, 0.4) is 0 Å². The fraction of sp³-hybridized carbons (Fsp3) is 0.600. The average molecular weight is 317 g/mol. The lowest BCUT2D eigenvalue weighted by molar-refractivity contribution is -0.0183. The van der Waals surface area contributed by atoms with Crippen LogP contribution in [0.5, 0.6) is 0 Å². The van der Waals surface area contributed by atoms with Crippen molar-refractivity contribution in [3.8, 4) is 0 Å². The number of nitrogens with zero attached hydrogens (tertiary/aromatic N) is 1. The Morgan fingerprint density at radius 3 is 2.55 bits per heavy atom. The van der Waals surface area contributed by atoms with Crippen LogP contribution in [0.1, 0.15) is 24.9 Å². The summed E-state index contributed by atoms with van der Waals surface area (Å²) in [5, 5.41) is 1.30. The largest absolute Gasteiger partial charge is 0.380 e. The second kappa shape index (κ2) is 7.10. The standard InChI is InChI=1S/C15H22Cl2N2O/c1-10-3-4-19(9-15(10)20-2)14(8-18)11-5-12(16)7-13(17)6-11/h5-7,10,14-15H,3-4,8-9,18H2,1-2H3. The predicted molar refractivity (Wildman–Crippen MR) is 84.4 cm³/mol. The number of nitrogens with two attached hydrogens (primary N) is 1. The molecule has 2 rings (SSSR count). The highest BCUT2D eigenvalue weighted by molar-refractivity contribution is 6.34. The van der Waals surface area contributed by atoms with Gasteiger partial charge in [-0.1, -0.05) is 30.1 Å². The molecular weight excluding hydrogens is 295 g/mol. The van der Waals surface area contributed by atoms with E-state index in [1.54, 1.807) is 13.2 Å². The van der Waals surface area contributed by atoms with Gasteiger partial charge in [0.2, 0.25) is 0 Å². The Morgan fingerprint density at radius 2 is 2.00 bits per heavy atom. The molecule has 3 nitrogen and oxygen atoms in total. The van der Waals surface area contributed by atoms with Gasteiger partial charge >= 0.3 is 0 Å². The molecule has 1 aliphatic heterocycles. The molecule has 5 heteroatoms. The van der Waals surface area contributed by atoms with E-state index in [1.165, 1.54) is 0 Å². The summed E-state index contributed by atoms with van der Waals surface area (Å²) in [5.41, 5.74) is 7.07. The van der Waals surface area contributed by atoms with E-state index in [0.29, 0.717) is 22.5 Å². The van der Waals surface area contributed by atoms with Gasteiger partial charge in [0.25, 0.3) is 0 Å². The van der Waals surface area contributed by atoms with Gasteiger partial charge in [-0.25, -0.2) is 0 Å². The summed E-state index contributed by atoms with van der Waals surface area (Å²) >= 11 is 12.2. The van der Waals surface area contributed by atoms with Crippen LogP contribution in [0.4, 0.5) is 0 Å². The van der Waals surface area contributed by atoms with Gasteiger partial charge in [-0.15, -0.1) is 0 Å². The Hall–Kier alpha value is -0.320. The molecule has 0 saturated carbocycles. The number of hydrogen-bond donors (Lipinski definition) is 1. The van der Waals surface area contributed by atoms with E-state index in [1.807, 2.05) is 12.1 Å². The second-order valence-corrected chi connectivity index (χ2v) is 6.36. The number of likely N-dealkylation sites (tertiary alicyclic amines) is 1. The maximum Gasteiger partial charge on any atom is 0.0724 e. The van der Waals surface area contributed by atoms with Gasteiger partial charge in [0.05, 0.1) is 6.10 Å². The van der Waals surface area contributed by atoms with Gasteiger partial charge in [0.1, 0.15) is 0 Å². The Labute approximate surface area is 131 Å². The van der Waals surface area contributed by atoms with Crippen molar-refractivity contribution >= 4 is 23.2 Å². The number of hydrogen-bond acceptors (Lipinski definition) is 3. The Kier molecular flexibility index (Phi) is 5.70. The quantitative estimate of drug-likeness (QED) is 0.925. The number of methoxy groups -OCH3 is 1. The van der Waals surface area contributed by atoms with Crippen molar-refractivity contribution in [2.45, 2.75) is 25.5 Å². The first-order chi connectivity index (χ1) is 9.55. The summed E-state index contributed by atoms with van der Waals surface area (Å²) < 4.78 is 5.58.